The monoisotopic (exact) mass is 351 g/mol. The average molecular weight is 352 g/mol. The van der Waals surface area contributed by atoms with Crippen LogP contribution in [0.3, 0.4) is 0 Å². The van der Waals surface area contributed by atoms with Crippen LogP contribution in [0.1, 0.15) is 19.4 Å². The maximum atomic E-state index is 8.83. The SMILES string of the molecule is CC(C)P(=S)(Oc1ccc(C#N)cc1)Oc1ccccc1Cl. The molecule has 1 atom stereocenters. The van der Waals surface area contributed by atoms with E-state index in [1.807, 2.05) is 26.0 Å². The van der Waals surface area contributed by atoms with Gasteiger partial charge in [0.15, 0.2) is 0 Å². The van der Waals surface area contributed by atoms with Crippen molar-refractivity contribution in [2.45, 2.75) is 19.5 Å². The third-order valence-corrected chi connectivity index (χ3v) is 7.12. The Labute approximate surface area is 140 Å². The first-order chi connectivity index (χ1) is 10.4. The average Bonchev–Trinajstić information content (AvgIpc) is 2.50. The highest BCUT2D eigenvalue weighted by Crippen LogP contribution is 2.53. The summed E-state index contributed by atoms with van der Waals surface area (Å²) in [6, 6.07) is 16.1. The predicted octanol–water partition coefficient (Wildman–Crippen LogP) is 5.39. The van der Waals surface area contributed by atoms with Crippen molar-refractivity contribution in [2.24, 2.45) is 0 Å². The molecule has 0 fully saturated rings. The van der Waals surface area contributed by atoms with E-state index in [4.69, 9.17) is 37.7 Å². The third-order valence-electron chi connectivity index (χ3n) is 2.91. The van der Waals surface area contributed by atoms with Crippen LogP contribution < -0.4 is 9.05 Å². The second-order valence-corrected chi connectivity index (χ2v) is 9.29. The fraction of sp³-hybridized carbons (Fsp3) is 0.188. The Balaban J connectivity index is 2.26. The van der Waals surface area contributed by atoms with Gasteiger partial charge in [0, 0.05) is 0 Å². The van der Waals surface area contributed by atoms with Crippen LogP contribution in [0.4, 0.5) is 0 Å². The van der Waals surface area contributed by atoms with Crippen LogP contribution in [-0.2, 0) is 11.8 Å². The Morgan fingerprint density at radius 1 is 1.09 bits per heavy atom. The molecule has 0 N–H and O–H groups in total. The lowest BCUT2D eigenvalue weighted by atomic mass is 10.2. The molecule has 6 heteroatoms. The normalized spacial score (nSPS) is 13.2. The number of para-hydroxylation sites is 1. The van der Waals surface area contributed by atoms with Crippen LogP contribution in [0, 0.1) is 11.3 Å². The van der Waals surface area contributed by atoms with Crippen LogP contribution in [0.5, 0.6) is 11.5 Å². The third kappa shape index (κ3) is 4.01. The molecular formula is C16H15ClNO2PS. The highest BCUT2D eigenvalue weighted by atomic mass is 35.5. The summed E-state index contributed by atoms with van der Waals surface area (Å²) in [5.41, 5.74) is 0.576. The summed E-state index contributed by atoms with van der Waals surface area (Å²) < 4.78 is 11.9. The molecule has 0 saturated carbocycles. The molecule has 0 aliphatic heterocycles. The van der Waals surface area contributed by atoms with Crippen LogP contribution in [-0.4, -0.2) is 5.66 Å². The van der Waals surface area contributed by atoms with Gasteiger partial charge in [0.1, 0.15) is 11.5 Å². The first kappa shape index (κ1) is 16.8. The summed E-state index contributed by atoms with van der Waals surface area (Å²) in [6.07, 6.45) is 0. The molecular weight excluding hydrogens is 337 g/mol. The van der Waals surface area contributed by atoms with E-state index in [9.17, 15) is 0 Å². The van der Waals surface area contributed by atoms with Gasteiger partial charge in [0.2, 0.25) is 0 Å². The lowest BCUT2D eigenvalue weighted by Crippen LogP contribution is -2.10. The topological polar surface area (TPSA) is 42.2 Å². The van der Waals surface area contributed by atoms with Crippen molar-refractivity contribution in [1.29, 1.82) is 5.26 Å². The largest absolute Gasteiger partial charge is 0.435 e. The first-order valence-corrected chi connectivity index (χ1v) is 9.77. The smallest absolute Gasteiger partial charge is 0.290 e. The molecule has 2 rings (SSSR count). The summed E-state index contributed by atoms with van der Waals surface area (Å²) in [6.45, 7) is 1.30. The minimum Gasteiger partial charge on any atom is -0.435 e. The maximum Gasteiger partial charge on any atom is 0.290 e. The molecule has 0 heterocycles. The summed E-state index contributed by atoms with van der Waals surface area (Å²) in [7, 11) is 0. The Hall–Kier alpha value is -1.53. The summed E-state index contributed by atoms with van der Waals surface area (Å²) in [4.78, 5) is 0. The molecule has 2 aromatic carbocycles. The summed E-state index contributed by atoms with van der Waals surface area (Å²) in [5.74, 6) is 1.11. The zero-order valence-corrected chi connectivity index (χ0v) is 14.7. The zero-order valence-electron chi connectivity index (χ0n) is 12.2. The molecule has 0 radical (unpaired) electrons. The van der Waals surface area contributed by atoms with Crippen molar-refractivity contribution in [2.75, 3.05) is 0 Å². The van der Waals surface area contributed by atoms with Crippen LogP contribution in [0.15, 0.2) is 48.5 Å². The number of hydrogen-bond acceptors (Lipinski definition) is 4. The van der Waals surface area contributed by atoms with Gasteiger partial charge in [-0.2, -0.15) is 5.26 Å². The van der Waals surface area contributed by atoms with E-state index in [-0.39, 0.29) is 5.66 Å². The fourth-order valence-corrected chi connectivity index (χ4v) is 3.66. The van der Waals surface area contributed by atoms with Crippen LogP contribution in [0.2, 0.25) is 5.02 Å². The highest BCUT2D eigenvalue weighted by molar-refractivity contribution is 8.10. The van der Waals surface area contributed by atoms with Crippen molar-refractivity contribution < 1.29 is 9.05 Å². The molecule has 0 aliphatic carbocycles. The number of rotatable bonds is 5. The number of nitrogens with zero attached hydrogens (tertiary/aromatic N) is 1. The lowest BCUT2D eigenvalue weighted by Gasteiger charge is -2.27. The van der Waals surface area contributed by atoms with Crippen LogP contribution >= 0.6 is 18.1 Å². The maximum absolute atomic E-state index is 8.83. The number of nitriles is 1. The van der Waals surface area contributed by atoms with Gasteiger partial charge in [0.05, 0.1) is 22.3 Å². The second-order valence-electron chi connectivity index (χ2n) is 4.88. The second kappa shape index (κ2) is 7.15. The van der Waals surface area contributed by atoms with E-state index in [0.717, 1.165) is 0 Å². The lowest BCUT2D eigenvalue weighted by molar-refractivity contribution is 0.476. The Morgan fingerprint density at radius 2 is 1.73 bits per heavy atom. The van der Waals surface area contributed by atoms with Gasteiger partial charge >= 0.3 is 0 Å². The van der Waals surface area contributed by atoms with Gasteiger partial charge in [-0.25, -0.2) is 0 Å². The number of halogens is 1. The van der Waals surface area contributed by atoms with Crippen LogP contribution in [0.25, 0.3) is 0 Å². The molecule has 0 spiro atoms. The zero-order chi connectivity index (χ0) is 16.2. The quantitative estimate of drug-likeness (QED) is 0.677. The molecule has 114 valence electrons. The summed E-state index contributed by atoms with van der Waals surface area (Å²) in [5, 5.41) is 9.33. The molecule has 0 aromatic heterocycles. The first-order valence-electron chi connectivity index (χ1n) is 6.68. The standard InChI is InChI=1S/C16H15ClNO2PS/c1-12(2)21(22,20-16-6-4-3-5-15(16)17)19-14-9-7-13(11-18)8-10-14/h3-10,12H,1-2H3. The van der Waals surface area contributed by atoms with Gasteiger partial charge in [-0.15, -0.1) is 0 Å². The molecule has 0 amide bonds. The van der Waals surface area contributed by atoms with Gasteiger partial charge in [-0.05, 0) is 48.2 Å². The number of benzene rings is 2. The predicted molar refractivity (Wildman–Crippen MR) is 93.3 cm³/mol. The Bertz CT molecular complexity index is 741. The van der Waals surface area contributed by atoms with Gasteiger partial charge in [-0.3, -0.25) is 0 Å². The summed E-state index contributed by atoms with van der Waals surface area (Å²) >= 11 is 11.8. The Kier molecular flexibility index (Phi) is 5.47. The molecule has 0 aliphatic rings. The molecule has 0 saturated heterocycles. The van der Waals surface area contributed by atoms with Crippen molar-refractivity contribution >= 4 is 29.9 Å². The minimum absolute atomic E-state index is 0.00872. The highest BCUT2D eigenvalue weighted by Gasteiger charge is 2.28. The molecule has 22 heavy (non-hydrogen) atoms. The van der Waals surface area contributed by atoms with Crippen molar-refractivity contribution in [3.05, 3.63) is 59.1 Å². The van der Waals surface area contributed by atoms with Crippen molar-refractivity contribution in [3.63, 3.8) is 0 Å². The number of hydrogen-bond donors (Lipinski definition) is 0. The minimum atomic E-state index is -2.62. The van der Waals surface area contributed by atoms with Gasteiger partial charge in [-0.1, -0.05) is 37.6 Å². The van der Waals surface area contributed by atoms with E-state index < -0.39 is 6.49 Å². The molecule has 1 unspecified atom stereocenters. The van der Waals surface area contributed by atoms with Crippen molar-refractivity contribution in [3.8, 4) is 17.6 Å². The molecule has 3 nitrogen and oxygen atoms in total. The van der Waals surface area contributed by atoms with Gasteiger partial charge < -0.3 is 9.05 Å². The van der Waals surface area contributed by atoms with E-state index in [1.165, 1.54) is 0 Å². The fourth-order valence-electron chi connectivity index (χ4n) is 1.62. The van der Waals surface area contributed by atoms with E-state index in [1.54, 1.807) is 36.4 Å². The van der Waals surface area contributed by atoms with E-state index >= 15 is 0 Å². The Morgan fingerprint density at radius 3 is 2.27 bits per heavy atom. The van der Waals surface area contributed by atoms with Gasteiger partial charge in [0.25, 0.3) is 6.49 Å². The van der Waals surface area contributed by atoms with E-state index in [2.05, 4.69) is 6.07 Å². The molecule has 2 aromatic rings. The molecule has 0 bridgehead atoms. The van der Waals surface area contributed by atoms with E-state index in [0.29, 0.717) is 22.1 Å². The van der Waals surface area contributed by atoms with Crippen molar-refractivity contribution in [1.82, 2.24) is 0 Å².